The Bertz CT molecular complexity index is 1670. The van der Waals surface area contributed by atoms with E-state index in [1.165, 1.54) is 29.6 Å². The molecule has 0 aliphatic heterocycles. The Morgan fingerprint density at radius 1 is 1.00 bits per heavy atom. The van der Waals surface area contributed by atoms with Crippen molar-refractivity contribution in [3.05, 3.63) is 78.5 Å². The van der Waals surface area contributed by atoms with Crippen LogP contribution in [0.25, 0.3) is 27.8 Å². The summed E-state index contributed by atoms with van der Waals surface area (Å²) in [4.78, 5) is 21.8. The predicted octanol–water partition coefficient (Wildman–Crippen LogP) is 5.20. The van der Waals surface area contributed by atoms with Gasteiger partial charge in [0.1, 0.15) is 23.5 Å². The quantitative estimate of drug-likeness (QED) is 0.167. The second kappa shape index (κ2) is 9.85. The van der Waals surface area contributed by atoms with Gasteiger partial charge in [0.2, 0.25) is 5.82 Å². The molecule has 0 bridgehead atoms. The van der Waals surface area contributed by atoms with Gasteiger partial charge in [-0.25, -0.2) is 38.4 Å². The maximum atomic E-state index is 14.3. The lowest BCUT2D eigenvalue weighted by Gasteiger charge is -2.13. The standard InChI is InChI=1S/C25H20F5N9/c1-14(16-9-36-39(10-16)20-5-4-17(26)6-19(20)27)38-11-18(15-7-31-24(32-8-15)25(28,29)30)21-22(35-13-37(2)3)33-12-34-23(21)38/h4-14H,1-3H3/b35-13+. The summed E-state index contributed by atoms with van der Waals surface area (Å²) in [5.74, 6) is -2.45. The van der Waals surface area contributed by atoms with Crippen molar-refractivity contribution in [3.63, 3.8) is 0 Å². The summed E-state index contributed by atoms with van der Waals surface area (Å²) in [5, 5.41) is 4.69. The van der Waals surface area contributed by atoms with Crippen LogP contribution in [-0.2, 0) is 6.18 Å². The zero-order valence-electron chi connectivity index (χ0n) is 20.8. The zero-order chi connectivity index (χ0) is 27.9. The van der Waals surface area contributed by atoms with Crippen molar-refractivity contribution >= 4 is 23.2 Å². The van der Waals surface area contributed by atoms with Crippen molar-refractivity contribution in [3.8, 4) is 16.8 Å². The number of aromatic nitrogens is 7. The molecule has 9 nitrogen and oxygen atoms in total. The molecule has 1 aromatic carbocycles. The largest absolute Gasteiger partial charge is 0.451 e. The lowest BCUT2D eigenvalue weighted by atomic mass is 10.1. The molecule has 1 atom stereocenters. The molecular weight excluding hydrogens is 521 g/mol. The Kier molecular flexibility index (Phi) is 6.54. The fourth-order valence-corrected chi connectivity index (χ4v) is 3.98. The van der Waals surface area contributed by atoms with Crippen LogP contribution >= 0.6 is 0 Å². The molecular formula is C25H20F5N9. The number of benzene rings is 1. The Hall–Kier alpha value is -4.75. The smallest absolute Gasteiger partial charge is 0.369 e. The summed E-state index contributed by atoms with van der Waals surface area (Å²) in [6, 6.07) is 2.76. The number of nitrogens with zero attached hydrogens (tertiary/aromatic N) is 9. The summed E-state index contributed by atoms with van der Waals surface area (Å²) >= 11 is 0. The number of halogens is 5. The first kappa shape index (κ1) is 25.9. The SMILES string of the molecule is CC(c1cnn(-c2ccc(F)cc2F)c1)n1cc(-c2cnc(C(F)(F)F)nc2)c2c(/N=C/N(C)C)ncnc21. The molecule has 5 aromatic rings. The minimum absolute atomic E-state index is 0.0671. The van der Waals surface area contributed by atoms with Gasteiger partial charge < -0.3 is 9.47 Å². The second-order valence-electron chi connectivity index (χ2n) is 8.84. The number of rotatable bonds is 6. The molecule has 0 radical (unpaired) electrons. The minimum atomic E-state index is -4.69. The van der Waals surface area contributed by atoms with Crippen LogP contribution in [0.15, 0.2) is 60.5 Å². The molecule has 0 fully saturated rings. The Morgan fingerprint density at radius 3 is 2.41 bits per heavy atom. The van der Waals surface area contributed by atoms with E-state index in [-0.39, 0.29) is 5.69 Å². The molecule has 4 heterocycles. The highest BCUT2D eigenvalue weighted by atomic mass is 19.4. The molecule has 200 valence electrons. The highest BCUT2D eigenvalue weighted by molar-refractivity contribution is 6.01. The first-order valence-electron chi connectivity index (χ1n) is 11.5. The van der Waals surface area contributed by atoms with Crippen LogP contribution in [0.5, 0.6) is 0 Å². The van der Waals surface area contributed by atoms with Gasteiger partial charge >= 0.3 is 6.18 Å². The van der Waals surface area contributed by atoms with Gasteiger partial charge in [-0.1, -0.05) is 0 Å². The van der Waals surface area contributed by atoms with Crippen LogP contribution in [0.3, 0.4) is 0 Å². The van der Waals surface area contributed by atoms with Crippen LogP contribution in [-0.4, -0.2) is 59.6 Å². The molecule has 0 aliphatic rings. The summed E-state index contributed by atoms with van der Waals surface area (Å²) in [6.07, 6.45) is 5.18. The molecule has 5 rings (SSSR count). The van der Waals surface area contributed by atoms with Crippen molar-refractivity contribution < 1.29 is 22.0 Å². The lowest BCUT2D eigenvalue weighted by Crippen LogP contribution is -2.10. The maximum Gasteiger partial charge on any atom is 0.451 e. The summed E-state index contributed by atoms with van der Waals surface area (Å²) in [6.45, 7) is 1.85. The van der Waals surface area contributed by atoms with E-state index in [1.54, 1.807) is 36.0 Å². The molecule has 0 amide bonds. The third-order valence-corrected chi connectivity index (χ3v) is 5.88. The zero-order valence-corrected chi connectivity index (χ0v) is 20.8. The number of hydrogen-bond donors (Lipinski definition) is 0. The second-order valence-corrected chi connectivity index (χ2v) is 8.84. The normalized spacial score (nSPS) is 12.9. The first-order chi connectivity index (χ1) is 18.5. The molecule has 0 N–H and O–H groups in total. The van der Waals surface area contributed by atoms with Gasteiger partial charge in [-0.3, -0.25) is 0 Å². The third-order valence-electron chi connectivity index (χ3n) is 5.88. The van der Waals surface area contributed by atoms with E-state index in [4.69, 9.17) is 0 Å². The number of fused-ring (bicyclic) bond motifs is 1. The third kappa shape index (κ3) is 5.04. The van der Waals surface area contributed by atoms with E-state index in [1.807, 2.05) is 6.92 Å². The number of alkyl halides is 3. The van der Waals surface area contributed by atoms with E-state index in [2.05, 4.69) is 30.0 Å². The van der Waals surface area contributed by atoms with Gasteiger partial charge in [-0.05, 0) is 19.1 Å². The first-order valence-corrected chi connectivity index (χ1v) is 11.5. The van der Waals surface area contributed by atoms with Crippen LogP contribution in [0.1, 0.15) is 24.4 Å². The van der Waals surface area contributed by atoms with Crippen LogP contribution in [0.4, 0.5) is 27.8 Å². The predicted molar refractivity (Wildman–Crippen MR) is 133 cm³/mol. The average Bonchev–Trinajstić information content (AvgIpc) is 3.53. The van der Waals surface area contributed by atoms with E-state index in [9.17, 15) is 22.0 Å². The molecule has 0 spiro atoms. The van der Waals surface area contributed by atoms with Crippen molar-refractivity contribution in [1.82, 2.24) is 39.2 Å². The van der Waals surface area contributed by atoms with Crippen LogP contribution in [0.2, 0.25) is 0 Å². The van der Waals surface area contributed by atoms with Gasteiger partial charge in [0.25, 0.3) is 0 Å². The van der Waals surface area contributed by atoms with E-state index in [0.29, 0.717) is 33.5 Å². The highest BCUT2D eigenvalue weighted by Crippen LogP contribution is 2.37. The van der Waals surface area contributed by atoms with Crippen LogP contribution < -0.4 is 0 Å². The molecule has 1 unspecified atom stereocenters. The maximum absolute atomic E-state index is 14.3. The van der Waals surface area contributed by atoms with E-state index in [0.717, 1.165) is 24.5 Å². The van der Waals surface area contributed by atoms with Crippen molar-refractivity contribution in [1.29, 1.82) is 0 Å². The monoisotopic (exact) mass is 541 g/mol. The minimum Gasteiger partial charge on any atom is -0.369 e. The average molecular weight is 541 g/mol. The molecule has 4 aromatic heterocycles. The summed E-state index contributed by atoms with van der Waals surface area (Å²) < 4.78 is 69.9. The lowest BCUT2D eigenvalue weighted by molar-refractivity contribution is -0.144. The number of hydrogen-bond acceptors (Lipinski definition) is 6. The molecule has 14 heteroatoms. The van der Waals surface area contributed by atoms with Crippen molar-refractivity contribution in [2.45, 2.75) is 19.1 Å². The van der Waals surface area contributed by atoms with Gasteiger partial charge in [0, 0.05) is 61.6 Å². The van der Waals surface area contributed by atoms with E-state index < -0.39 is 29.7 Å². The fourth-order valence-electron chi connectivity index (χ4n) is 3.98. The summed E-state index contributed by atoms with van der Waals surface area (Å²) in [7, 11) is 3.56. The van der Waals surface area contributed by atoms with Crippen molar-refractivity contribution in [2.75, 3.05) is 14.1 Å². The van der Waals surface area contributed by atoms with Crippen LogP contribution in [0, 0.1) is 11.6 Å². The highest BCUT2D eigenvalue weighted by Gasteiger charge is 2.34. The van der Waals surface area contributed by atoms with E-state index >= 15 is 0 Å². The molecule has 39 heavy (non-hydrogen) atoms. The summed E-state index contributed by atoms with van der Waals surface area (Å²) in [5.41, 5.74) is 1.94. The topological polar surface area (TPSA) is 89.9 Å². The van der Waals surface area contributed by atoms with Gasteiger partial charge in [0.05, 0.1) is 24.0 Å². The van der Waals surface area contributed by atoms with Gasteiger partial charge in [-0.2, -0.15) is 18.3 Å². The van der Waals surface area contributed by atoms with Gasteiger partial charge in [-0.15, -0.1) is 0 Å². The Labute approximate surface area is 218 Å². The number of aliphatic imine (C=N–C) groups is 1. The van der Waals surface area contributed by atoms with Gasteiger partial charge in [0.15, 0.2) is 11.6 Å². The molecule has 0 saturated heterocycles. The Morgan fingerprint density at radius 2 is 1.74 bits per heavy atom. The Balaban J connectivity index is 1.63. The fraction of sp³-hybridized carbons (Fsp3) is 0.200. The molecule has 0 aliphatic carbocycles. The van der Waals surface area contributed by atoms with Crippen molar-refractivity contribution in [2.24, 2.45) is 4.99 Å². The molecule has 0 saturated carbocycles.